The number of carbonyl (C=O) groups excluding carboxylic acids is 2. The molecule has 20 heavy (non-hydrogen) atoms. The van der Waals surface area contributed by atoms with Crippen LogP contribution in [0.3, 0.4) is 0 Å². The molecule has 1 rings (SSSR count). The molecular formula is C13H17Cl2N3O2. The number of nitrogens with one attached hydrogen (secondary N) is 2. The summed E-state index contributed by atoms with van der Waals surface area (Å²) in [7, 11) is 0. The zero-order valence-electron chi connectivity index (χ0n) is 11.6. The van der Waals surface area contributed by atoms with Gasteiger partial charge in [-0.05, 0) is 32.9 Å². The first-order chi connectivity index (χ1) is 9.19. The highest BCUT2D eigenvalue weighted by molar-refractivity contribution is 6.34. The normalized spacial score (nSPS) is 11.1. The summed E-state index contributed by atoms with van der Waals surface area (Å²) in [5.41, 5.74) is -0.241. The third-order valence-electron chi connectivity index (χ3n) is 2.18. The van der Waals surface area contributed by atoms with Gasteiger partial charge in [0.1, 0.15) is 10.8 Å². The average Bonchev–Trinajstić information content (AvgIpc) is 2.29. The van der Waals surface area contributed by atoms with E-state index in [9.17, 15) is 9.59 Å². The average molecular weight is 318 g/mol. The maximum atomic E-state index is 11.8. The maximum Gasteiger partial charge on any atom is 0.271 e. The van der Waals surface area contributed by atoms with Gasteiger partial charge in [-0.1, -0.05) is 23.2 Å². The van der Waals surface area contributed by atoms with E-state index in [4.69, 9.17) is 23.2 Å². The second kappa shape index (κ2) is 6.90. The van der Waals surface area contributed by atoms with Crippen molar-refractivity contribution in [2.75, 3.05) is 6.54 Å². The summed E-state index contributed by atoms with van der Waals surface area (Å²) in [4.78, 5) is 27.3. The zero-order valence-corrected chi connectivity index (χ0v) is 13.1. The Bertz CT molecular complexity index is 513. The summed E-state index contributed by atoms with van der Waals surface area (Å²) in [6.45, 7) is 5.86. The fourth-order valence-electron chi connectivity index (χ4n) is 1.43. The lowest BCUT2D eigenvalue weighted by molar-refractivity contribution is -0.122. The largest absolute Gasteiger partial charge is 0.351 e. The van der Waals surface area contributed by atoms with Gasteiger partial charge in [0.15, 0.2) is 0 Å². The molecule has 0 spiro atoms. The van der Waals surface area contributed by atoms with Gasteiger partial charge in [0.05, 0.1) is 5.02 Å². The highest BCUT2D eigenvalue weighted by atomic mass is 35.5. The summed E-state index contributed by atoms with van der Waals surface area (Å²) < 4.78 is 0. The van der Waals surface area contributed by atoms with Crippen molar-refractivity contribution < 1.29 is 9.59 Å². The molecule has 0 aliphatic heterocycles. The van der Waals surface area contributed by atoms with Crippen LogP contribution < -0.4 is 10.6 Å². The van der Waals surface area contributed by atoms with Crippen LogP contribution in [0.2, 0.25) is 10.2 Å². The number of amides is 2. The first-order valence-electron chi connectivity index (χ1n) is 6.10. The lowest BCUT2D eigenvalue weighted by Gasteiger charge is -2.20. The highest BCUT2D eigenvalue weighted by Gasteiger charge is 2.15. The summed E-state index contributed by atoms with van der Waals surface area (Å²) >= 11 is 11.6. The van der Waals surface area contributed by atoms with Gasteiger partial charge in [0, 0.05) is 18.5 Å². The first kappa shape index (κ1) is 16.7. The van der Waals surface area contributed by atoms with Crippen molar-refractivity contribution in [2.24, 2.45) is 0 Å². The standard InChI is InChI=1S/C13H17Cl2N3O2/c1-13(2,3)18-10(19)6-7-16-12(20)11-8(14)4-5-9(15)17-11/h4-5H,6-7H2,1-3H3,(H,16,20)(H,18,19). The van der Waals surface area contributed by atoms with E-state index in [1.165, 1.54) is 12.1 Å². The Morgan fingerprint density at radius 2 is 1.90 bits per heavy atom. The first-order valence-corrected chi connectivity index (χ1v) is 6.86. The Kier molecular flexibility index (Phi) is 5.77. The Balaban J connectivity index is 2.48. The van der Waals surface area contributed by atoms with E-state index in [1.807, 2.05) is 20.8 Å². The van der Waals surface area contributed by atoms with E-state index in [2.05, 4.69) is 15.6 Å². The van der Waals surface area contributed by atoms with E-state index >= 15 is 0 Å². The third-order valence-corrected chi connectivity index (χ3v) is 2.69. The molecule has 0 atom stereocenters. The lowest BCUT2D eigenvalue weighted by Crippen LogP contribution is -2.42. The van der Waals surface area contributed by atoms with E-state index in [-0.39, 0.29) is 40.3 Å². The van der Waals surface area contributed by atoms with Crippen LogP contribution in [0.4, 0.5) is 0 Å². The molecule has 5 nitrogen and oxygen atoms in total. The van der Waals surface area contributed by atoms with E-state index < -0.39 is 5.91 Å². The molecule has 0 saturated heterocycles. The van der Waals surface area contributed by atoms with Crippen molar-refractivity contribution in [3.05, 3.63) is 28.0 Å². The van der Waals surface area contributed by atoms with Crippen LogP contribution in [0, 0.1) is 0 Å². The van der Waals surface area contributed by atoms with Gasteiger partial charge in [-0.2, -0.15) is 0 Å². The number of hydrogen-bond donors (Lipinski definition) is 2. The third kappa shape index (κ3) is 5.75. The van der Waals surface area contributed by atoms with Gasteiger partial charge < -0.3 is 10.6 Å². The van der Waals surface area contributed by atoms with E-state index in [0.717, 1.165) is 0 Å². The molecule has 110 valence electrons. The Labute approximate surface area is 128 Å². The van der Waals surface area contributed by atoms with Crippen LogP contribution in [-0.4, -0.2) is 28.9 Å². The molecule has 0 aromatic carbocycles. The number of nitrogens with zero attached hydrogens (tertiary/aromatic N) is 1. The Morgan fingerprint density at radius 1 is 1.25 bits per heavy atom. The molecule has 0 fully saturated rings. The number of hydrogen-bond acceptors (Lipinski definition) is 3. The van der Waals surface area contributed by atoms with Gasteiger partial charge in [0.25, 0.3) is 5.91 Å². The Morgan fingerprint density at radius 3 is 2.50 bits per heavy atom. The van der Waals surface area contributed by atoms with Crippen LogP contribution >= 0.6 is 23.2 Å². The number of halogens is 2. The molecular weight excluding hydrogens is 301 g/mol. The van der Waals surface area contributed by atoms with Gasteiger partial charge in [-0.15, -0.1) is 0 Å². The van der Waals surface area contributed by atoms with Gasteiger partial charge in [-0.3, -0.25) is 9.59 Å². The minimum Gasteiger partial charge on any atom is -0.351 e. The van der Waals surface area contributed by atoms with E-state index in [1.54, 1.807) is 0 Å². The molecule has 1 aromatic rings. The van der Waals surface area contributed by atoms with Gasteiger partial charge >= 0.3 is 0 Å². The number of carbonyl (C=O) groups is 2. The molecule has 2 N–H and O–H groups in total. The molecule has 2 amide bonds. The second-order valence-electron chi connectivity index (χ2n) is 5.27. The van der Waals surface area contributed by atoms with Crippen LogP contribution in [0.25, 0.3) is 0 Å². The number of pyridine rings is 1. The van der Waals surface area contributed by atoms with Crippen molar-refractivity contribution in [1.29, 1.82) is 0 Å². The highest BCUT2D eigenvalue weighted by Crippen LogP contribution is 2.16. The van der Waals surface area contributed by atoms with Gasteiger partial charge in [0.2, 0.25) is 5.91 Å². The Hall–Kier alpha value is -1.33. The summed E-state index contributed by atoms with van der Waals surface area (Å²) in [6, 6.07) is 3.00. The molecule has 0 saturated carbocycles. The van der Waals surface area contributed by atoms with Crippen molar-refractivity contribution in [2.45, 2.75) is 32.7 Å². The quantitative estimate of drug-likeness (QED) is 0.838. The monoisotopic (exact) mass is 317 g/mol. The minimum absolute atomic E-state index is 0.0513. The van der Waals surface area contributed by atoms with Crippen LogP contribution in [0.5, 0.6) is 0 Å². The summed E-state index contributed by atoms with van der Waals surface area (Å²) in [5, 5.41) is 5.78. The molecule has 0 aliphatic carbocycles. The molecule has 0 radical (unpaired) electrons. The SMILES string of the molecule is CC(C)(C)NC(=O)CCNC(=O)c1nc(Cl)ccc1Cl. The van der Waals surface area contributed by atoms with Crippen molar-refractivity contribution in [1.82, 2.24) is 15.6 Å². The fraction of sp³-hybridized carbons (Fsp3) is 0.462. The van der Waals surface area contributed by atoms with Gasteiger partial charge in [-0.25, -0.2) is 4.98 Å². The summed E-state index contributed by atoms with van der Waals surface area (Å²) in [5.74, 6) is -0.594. The maximum absolute atomic E-state index is 11.8. The molecule has 0 aliphatic rings. The van der Waals surface area contributed by atoms with Crippen LogP contribution in [0.15, 0.2) is 12.1 Å². The fourth-order valence-corrected chi connectivity index (χ4v) is 1.77. The molecule has 7 heteroatoms. The number of rotatable bonds is 4. The van der Waals surface area contributed by atoms with Crippen molar-refractivity contribution in [3.63, 3.8) is 0 Å². The predicted octanol–water partition coefficient (Wildman–Crippen LogP) is 2.42. The zero-order chi connectivity index (χ0) is 15.3. The molecule has 0 bridgehead atoms. The second-order valence-corrected chi connectivity index (χ2v) is 6.06. The lowest BCUT2D eigenvalue weighted by atomic mass is 10.1. The summed E-state index contributed by atoms with van der Waals surface area (Å²) in [6.07, 6.45) is 0.182. The van der Waals surface area contributed by atoms with Crippen LogP contribution in [-0.2, 0) is 4.79 Å². The smallest absolute Gasteiger partial charge is 0.271 e. The van der Waals surface area contributed by atoms with E-state index in [0.29, 0.717) is 0 Å². The molecule has 0 unspecified atom stereocenters. The van der Waals surface area contributed by atoms with Crippen molar-refractivity contribution in [3.8, 4) is 0 Å². The van der Waals surface area contributed by atoms with Crippen LogP contribution in [0.1, 0.15) is 37.7 Å². The topological polar surface area (TPSA) is 71.1 Å². The molecule has 1 heterocycles. The molecule has 1 aromatic heterocycles. The number of aromatic nitrogens is 1. The predicted molar refractivity (Wildman–Crippen MR) is 79.1 cm³/mol. The van der Waals surface area contributed by atoms with Crippen molar-refractivity contribution >= 4 is 35.0 Å². The minimum atomic E-state index is -0.457.